The standard InChI is InChI=1S/C10H10FN3/c1-12-5-10-8-3-2-7(11)4-9(8)13-6-14-10/h2-4,6,12H,5H2,1H3. The molecule has 0 bridgehead atoms. The molecule has 0 aliphatic carbocycles. The molecule has 0 aliphatic heterocycles. The Morgan fingerprint density at radius 1 is 1.36 bits per heavy atom. The molecule has 1 N–H and O–H groups in total. The molecule has 0 atom stereocenters. The van der Waals surface area contributed by atoms with Crippen molar-refractivity contribution < 1.29 is 4.39 Å². The van der Waals surface area contributed by atoms with Crippen LogP contribution in [0.2, 0.25) is 0 Å². The highest BCUT2D eigenvalue weighted by molar-refractivity contribution is 5.80. The Morgan fingerprint density at radius 2 is 2.21 bits per heavy atom. The number of hydrogen-bond donors (Lipinski definition) is 1. The summed E-state index contributed by atoms with van der Waals surface area (Å²) in [5, 5.41) is 3.90. The van der Waals surface area contributed by atoms with Gasteiger partial charge in [0.05, 0.1) is 11.2 Å². The summed E-state index contributed by atoms with van der Waals surface area (Å²) in [5.74, 6) is -0.272. The van der Waals surface area contributed by atoms with Crippen LogP contribution in [0.5, 0.6) is 0 Å². The maximum absolute atomic E-state index is 12.9. The zero-order valence-electron chi connectivity index (χ0n) is 7.79. The van der Waals surface area contributed by atoms with Crippen LogP contribution < -0.4 is 5.32 Å². The Balaban J connectivity index is 2.62. The largest absolute Gasteiger partial charge is 0.314 e. The number of nitrogens with one attached hydrogen (secondary N) is 1. The molecular formula is C10H10FN3. The quantitative estimate of drug-likeness (QED) is 0.781. The molecule has 0 aliphatic rings. The average molecular weight is 191 g/mol. The number of aromatic nitrogens is 2. The zero-order valence-corrected chi connectivity index (χ0v) is 7.79. The molecule has 14 heavy (non-hydrogen) atoms. The van der Waals surface area contributed by atoms with E-state index in [1.807, 2.05) is 7.05 Å². The van der Waals surface area contributed by atoms with Gasteiger partial charge < -0.3 is 5.32 Å². The van der Waals surface area contributed by atoms with E-state index in [4.69, 9.17) is 0 Å². The third-order valence-electron chi connectivity index (χ3n) is 2.03. The molecule has 0 saturated carbocycles. The summed E-state index contributed by atoms with van der Waals surface area (Å²) in [6, 6.07) is 4.54. The van der Waals surface area contributed by atoms with E-state index in [1.165, 1.54) is 18.5 Å². The minimum Gasteiger partial charge on any atom is -0.314 e. The second-order valence-electron chi connectivity index (χ2n) is 3.01. The molecule has 3 nitrogen and oxygen atoms in total. The predicted molar refractivity (Wildman–Crippen MR) is 52.3 cm³/mol. The molecule has 1 aromatic carbocycles. The molecule has 0 amide bonds. The summed E-state index contributed by atoms with van der Waals surface area (Å²) < 4.78 is 12.9. The zero-order chi connectivity index (χ0) is 9.97. The first-order valence-corrected chi connectivity index (χ1v) is 4.35. The van der Waals surface area contributed by atoms with Crippen molar-refractivity contribution in [2.75, 3.05) is 7.05 Å². The van der Waals surface area contributed by atoms with E-state index in [0.29, 0.717) is 12.1 Å². The highest BCUT2D eigenvalue weighted by Crippen LogP contribution is 2.15. The minimum absolute atomic E-state index is 0.272. The van der Waals surface area contributed by atoms with Crippen LogP contribution in [0.1, 0.15) is 5.69 Å². The van der Waals surface area contributed by atoms with Crippen molar-refractivity contribution in [1.29, 1.82) is 0 Å². The monoisotopic (exact) mass is 191 g/mol. The van der Waals surface area contributed by atoms with Gasteiger partial charge in [0.2, 0.25) is 0 Å². The SMILES string of the molecule is CNCc1ncnc2cc(F)ccc12. The van der Waals surface area contributed by atoms with Gasteiger partial charge in [-0.25, -0.2) is 14.4 Å². The number of benzene rings is 1. The van der Waals surface area contributed by atoms with E-state index in [0.717, 1.165) is 11.1 Å². The van der Waals surface area contributed by atoms with E-state index >= 15 is 0 Å². The third kappa shape index (κ3) is 1.56. The topological polar surface area (TPSA) is 37.8 Å². The molecule has 0 radical (unpaired) electrons. The molecular weight excluding hydrogens is 181 g/mol. The smallest absolute Gasteiger partial charge is 0.125 e. The van der Waals surface area contributed by atoms with E-state index in [9.17, 15) is 4.39 Å². The van der Waals surface area contributed by atoms with E-state index in [2.05, 4.69) is 15.3 Å². The molecule has 1 heterocycles. The number of nitrogens with zero attached hydrogens (tertiary/aromatic N) is 2. The Hall–Kier alpha value is -1.55. The second-order valence-corrected chi connectivity index (χ2v) is 3.01. The number of hydrogen-bond acceptors (Lipinski definition) is 3. The fraction of sp³-hybridized carbons (Fsp3) is 0.200. The molecule has 1 aromatic heterocycles. The first-order chi connectivity index (χ1) is 6.81. The molecule has 0 spiro atoms. The molecule has 0 unspecified atom stereocenters. The van der Waals surface area contributed by atoms with Gasteiger partial charge in [0, 0.05) is 18.0 Å². The minimum atomic E-state index is -0.272. The van der Waals surface area contributed by atoms with Gasteiger partial charge in [-0.15, -0.1) is 0 Å². The van der Waals surface area contributed by atoms with Crippen molar-refractivity contribution in [3.63, 3.8) is 0 Å². The summed E-state index contributed by atoms with van der Waals surface area (Å²) in [6.07, 6.45) is 1.45. The lowest BCUT2D eigenvalue weighted by Crippen LogP contribution is -2.07. The maximum atomic E-state index is 12.9. The highest BCUT2D eigenvalue weighted by atomic mass is 19.1. The molecule has 0 saturated heterocycles. The first-order valence-electron chi connectivity index (χ1n) is 4.35. The van der Waals surface area contributed by atoms with Crippen molar-refractivity contribution in [2.45, 2.75) is 6.54 Å². The second kappa shape index (κ2) is 3.67. The lowest BCUT2D eigenvalue weighted by atomic mass is 10.2. The fourth-order valence-corrected chi connectivity index (χ4v) is 1.39. The third-order valence-corrected chi connectivity index (χ3v) is 2.03. The predicted octanol–water partition coefficient (Wildman–Crippen LogP) is 1.49. The van der Waals surface area contributed by atoms with E-state index in [1.54, 1.807) is 6.07 Å². The van der Waals surface area contributed by atoms with Crippen LogP contribution in [0.15, 0.2) is 24.5 Å². The highest BCUT2D eigenvalue weighted by Gasteiger charge is 2.02. The molecule has 0 fully saturated rings. The summed E-state index contributed by atoms with van der Waals surface area (Å²) in [6.45, 7) is 0.657. The Kier molecular flexibility index (Phi) is 2.37. The lowest BCUT2D eigenvalue weighted by Gasteiger charge is -2.03. The summed E-state index contributed by atoms with van der Waals surface area (Å²) in [5.41, 5.74) is 1.53. The van der Waals surface area contributed by atoms with E-state index in [-0.39, 0.29) is 5.82 Å². The molecule has 2 aromatic rings. The van der Waals surface area contributed by atoms with Gasteiger partial charge in [0.1, 0.15) is 12.1 Å². The Bertz CT molecular complexity index is 456. The van der Waals surface area contributed by atoms with Crippen molar-refractivity contribution >= 4 is 10.9 Å². The Labute approximate surface area is 81.0 Å². The summed E-state index contributed by atoms with van der Waals surface area (Å²) >= 11 is 0. The summed E-state index contributed by atoms with van der Waals surface area (Å²) in [7, 11) is 1.84. The number of rotatable bonds is 2. The van der Waals surface area contributed by atoms with Crippen LogP contribution in [0, 0.1) is 5.82 Å². The first kappa shape index (κ1) is 9.02. The van der Waals surface area contributed by atoms with Crippen LogP contribution in [0.25, 0.3) is 10.9 Å². The average Bonchev–Trinajstić information content (AvgIpc) is 2.18. The summed E-state index contributed by atoms with van der Waals surface area (Å²) in [4.78, 5) is 8.14. The van der Waals surface area contributed by atoms with Gasteiger partial charge in [-0.2, -0.15) is 0 Å². The van der Waals surface area contributed by atoms with Gasteiger partial charge in [0.15, 0.2) is 0 Å². The fourth-order valence-electron chi connectivity index (χ4n) is 1.39. The van der Waals surface area contributed by atoms with Crippen molar-refractivity contribution in [1.82, 2.24) is 15.3 Å². The van der Waals surface area contributed by atoms with Crippen LogP contribution in [0.3, 0.4) is 0 Å². The van der Waals surface area contributed by atoms with Crippen LogP contribution >= 0.6 is 0 Å². The maximum Gasteiger partial charge on any atom is 0.125 e. The van der Waals surface area contributed by atoms with Gasteiger partial charge >= 0.3 is 0 Å². The molecule has 4 heteroatoms. The van der Waals surface area contributed by atoms with Gasteiger partial charge in [-0.05, 0) is 19.2 Å². The van der Waals surface area contributed by atoms with Gasteiger partial charge in [-0.1, -0.05) is 0 Å². The van der Waals surface area contributed by atoms with Crippen LogP contribution in [0.4, 0.5) is 4.39 Å². The van der Waals surface area contributed by atoms with Crippen molar-refractivity contribution in [3.8, 4) is 0 Å². The van der Waals surface area contributed by atoms with Crippen molar-refractivity contribution in [2.24, 2.45) is 0 Å². The number of fused-ring (bicyclic) bond motifs is 1. The normalized spacial score (nSPS) is 10.7. The number of halogens is 1. The van der Waals surface area contributed by atoms with Crippen LogP contribution in [-0.2, 0) is 6.54 Å². The van der Waals surface area contributed by atoms with Gasteiger partial charge in [0.25, 0.3) is 0 Å². The Morgan fingerprint density at radius 3 is 3.00 bits per heavy atom. The lowest BCUT2D eigenvalue weighted by molar-refractivity contribution is 0.629. The molecule has 72 valence electrons. The van der Waals surface area contributed by atoms with Crippen molar-refractivity contribution in [3.05, 3.63) is 36.0 Å². The van der Waals surface area contributed by atoms with Crippen LogP contribution in [-0.4, -0.2) is 17.0 Å². The van der Waals surface area contributed by atoms with Gasteiger partial charge in [-0.3, -0.25) is 0 Å². The van der Waals surface area contributed by atoms with E-state index < -0.39 is 0 Å². The molecule has 2 rings (SSSR count).